The van der Waals surface area contributed by atoms with Crippen molar-refractivity contribution in [2.24, 2.45) is 4.99 Å². The van der Waals surface area contributed by atoms with Gasteiger partial charge in [-0.2, -0.15) is 0 Å². The van der Waals surface area contributed by atoms with E-state index in [4.69, 9.17) is 9.26 Å². The van der Waals surface area contributed by atoms with Crippen molar-refractivity contribution >= 4 is 33.6 Å². The number of carbonyl (C=O) groups excluding carboxylic acids is 2. The maximum absolute atomic E-state index is 12.0. The van der Waals surface area contributed by atoms with Crippen molar-refractivity contribution < 1.29 is 27.3 Å². The number of nitrogens with one attached hydrogen (secondary N) is 2. The Morgan fingerprint density at radius 1 is 1.37 bits per heavy atom. The number of aryl methyl sites for hydroxylation is 1. The van der Waals surface area contributed by atoms with E-state index in [0.717, 1.165) is 0 Å². The van der Waals surface area contributed by atoms with Crippen LogP contribution in [0.5, 0.6) is 0 Å². The Kier molecular flexibility index (Phi) is 4.95. The molecule has 1 aliphatic rings. The quantitative estimate of drug-likeness (QED) is 0.710. The number of aliphatic imine (C=N–C) groups is 1. The number of carbonyl (C=O) groups is 2. The zero-order valence-electron chi connectivity index (χ0n) is 14.4. The number of aromatic nitrogens is 1. The van der Waals surface area contributed by atoms with E-state index in [1.54, 1.807) is 25.1 Å². The Bertz CT molecular complexity index is 1030. The number of anilines is 1. The monoisotopic (exact) mass is 392 g/mol. The molecule has 142 valence electrons. The predicted molar refractivity (Wildman–Crippen MR) is 93.6 cm³/mol. The molecular formula is C16H16N4O6S. The van der Waals surface area contributed by atoms with Crippen molar-refractivity contribution in [2.45, 2.75) is 24.8 Å². The van der Waals surface area contributed by atoms with E-state index in [0.29, 0.717) is 11.3 Å². The first-order valence-corrected chi connectivity index (χ1v) is 9.34. The van der Waals surface area contributed by atoms with Gasteiger partial charge >= 0.3 is 5.97 Å². The van der Waals surface area contributed by atoms with Crippen LogP contribution in [0.4, 0.5) is 5.82 Å². The minimum absolute atomic E-state index is 0.0533. The maximum Gasteiger partial charge on any atom is 0.331 e. The summed E-state index contributed by atoms with van der Waals surface area (Å²) in [4.78, 5) is 27.9. The Morgan fingerprint density at radius 3 is 2.81 bits per heavy atom. The molecule has 0 saturated carbocycles. The van der Waals surface area contributed by atoms with Gasteiger partial charge in [-0.05, 0) is 26.0 Å². The highest BCUT2D eigenvalue weighted by molar-refractivity contribution is 7.90. The first-order valence-electron chi connectivity index (χ1n) is 7.86. The van der Waals surface area contributed by atoms with Crippen LogP contribution in [0.2, 0.25) is 0 Å². The van der Waals surface area contributed by atoms with Crippen molar-refractivity contribution in [2.75, 3.05) is 11.9 Å². The molecule has 11 heteroatoms. The second kappa shape index (κ2) is 7.19. The third-order valence-electron chi connectivity index (χ3n) is 3.57. The molecule has 0 saturated heterocycles. The Hall–Kier alpha value is -3.21. The summed E-state index contributed by atoms with van der Waals surface area (Å²) in [6.45, 7) is 2.56. The highest BCUT2D eigenvalue weighted by atomic mass is 32.2. The fraction of sp³-hybridized carbons (Fsp3) is 0.250. The SMILES string of the molecule is Cc1cc(NC(=O)COC(=O)[C@H](C)N=C2NS(=O)(=O)c3ccccc32)no1. The highest BCUT2D eigenvalue weighted by Crippen LogP contribution is 2.22. The molecule has 10 nitrogen and oxygen atoms in total. The van der Waals surface area contributed by atoms with E-state index in [-0.39, 0.29) is 16.5 Å². The third kappa shape index (κ3) is 4.14. The van der Waals surface area contributed by atoms with Crippen molar-refractivity contribution in [3.05, 3.63) is 41.7 Å². The van der Waals surface area contributed by atoms with Crippen LogP contribution in [0.3, 0.4) is 0 Å². The fourth-order valence-electron chi connectivity index (χ4n) is 2.34. The molecule has 2 aromatic rings. The fourth-order valence-corrected chi connectivity index (χ4v) is 3.58. The number of esters is 1. The van der Waals surface area contributed by atoms with Crippen LogP contribution >= 0.6 is 0 Å². The van der Waals surface area contributed by atoms with Crippen molar-refractivity contribution in [1.82, 2.24) is 9.88 Å². The molecule has 0 fully saturated rings. The van der Waals surface area contributed by atoms with Crippen LogP contribution in [0.15, 0.2) is 44.7 Å². The van der Waals surface area contributed by atoms with Gasteiger partial charge in [0.05, 0.1) is 4.90 Å². The number of hydrogen-bond acceptors (Lipinski definition) is 8. The molecule has 0 spiro atoms. The molecule has 1 amide bonds. The molecule has 2 heterocycles. The molecule has 1 aliphatic heterocycles. The summed E-state index contributed by atoms with van der Waals surface area (Å²) in [7, 11) is -3.70. The third-order valence-corrected chi connectivity index (χ3v) is 4.96. The average Bonchev–Trinajstić information content (AvgIpc) is 3.13. The van der Waals surface area contributed by atoms with Gasteiger partial charge in [-0.1, -0.05) is 17.3 Å². The summed E-state index contributed by atoms with van der Waals surface area (Å²) in [5.41, 5.74) is 0.372. The van der Waals surface area contributed by atoms with Gasteiger partial charge in [-0.25, -0.2) is 13.2 Å². The lowest BCUT2D eigenvalue weighted by atomic mass is 10.2. The van der Waals surface area contributed by atoms with Crippen LogP contribution in [0, 0.1) is 6.92 Å². The normalized spacial score (nSPS) is 17.0. The van der Waals surface area contributed by atoms with E-state index in [1.165, 1.54) is 19.1 Å². The Labute approximate surface area is 154 Å². The van der Waals surface area contributed by atoms with E-state index < -0.39 is 34.5 Å². The lowest BCUT2D eigenvalue weighted by Crippen LogP contribution is -2.28. The first kappa shape index (κ1) is 18.6. The lowest BCUT2D eigenvalue weighted by molar-refractivity contribution is -0.148. The zero-order valence-corrected chi connectivity index (χ0v) is 15.2. The molecule has 0 bridgehead atoms. The summed E-state index contributed by atoms with van der Waals surface area (Å²) in [5, 5.41) is 5.99. The summed E-state index contributed by atoms with van der Waals surface area (Å²) in [5.74, 6) is -0.594. The lowest BCUT2D eigenvalue weighted by Gasteiger charge is -2.08. The van der Waals surface area contributed by atoms with Crippen molar-refractivity contribution in [1.29, 1.82) is 0 Å². The predicted octanol–water partition coefficient (Wildman–Crippen LogP) is 0.592. The number of ether oxygens (including phenoxy) is 1. The molecule has 3 rings (SSSR count). The molecule has 0 aliphatic carbocycles. The summed E-state index contributed by atoms with van der Waals surface area (Å²) >= 11 is 0. The number of hydrogen-bond donors (Lipinski definition) is 2. The minimum atomic E-state index is -3.70. The Morgan fingerprint density at radius 2 is 2.11 bits per heavy atom. The summed E-state index contributed by atoms with van der Waals surface area (Å²) < 4.78 is 36.1. The van der Waals surface area contributed by atoms with E-state index in [2.05, 4.69) is 20.2 Å². The number of nitrogens with zero attached hydrogens (tertiary/aromatic N) is 2. The van der Waals surface area contributed by atoms with Crippen LogP contribution < -0.4 is 10.0 Å². The van der Waals surface area contributed by atoms with E-state index in [9.17, 15) is 18.0 Å². The molecule has 27 heavy (non-hydrogen) atoms. The zero-order chi connectivity index (χ0) is 19.6. The highest BCUT2D eigenvalue weighted by Gasteiger charge is 2.31. The van der Waals surface area contributed by atoms with Crippen LogP contribution in [-0.2, 0) is 24.3 Å². The van der Waals surface area contributed by atoms with Gasteiger partial charge in [0, 0.05) is 11.6 Å². The number of rotatable bonds is 5. The number of amidine groups is 1. The molecule has 1 atom stereocenters. The molecule has 2 N–H and O–H groups in total. The molecule has 1 aromatic carbocycles. The van der Waals surface area contributed by atoms with Gasteiger partial charge in [0.1, 0.15) is 17.6 Å². The van der Waals surface area contributed by atoms with Crippen molar-refractivity contribution in [3.8, 4) is 0 Å². The maximum atomic E-state index is 12.0. The second-order valence-corrected chi connectivity index (χ2v) is 7.38. The van der Waals surface area contributed by atoms with Crippen LogP contribution in [-0.4, -0.2) is 43.9 Å². The number of amides is 1. The number of sulfonamides is 1. The largest absolute Gasteiger partial charge is 0.454 e. The Balaban J connectivity index is 1.61. The van der Waals surface area contributed by atoms with E-state index in [1.807, 2.05) is 0 Å². The topological polar surface area (TPSA) is 140 Å². The van der Waals surface area contributed by atoms with Gasteiger partial charge in [-0.3, -0.25) is 14.5 Å². The standard InChI is InChI=1S/C16H16N4O6S/c1-9-7-13(19-26-9)18-14(21)8-25-16(22)10(2)17-15-11-5-3-4-6-12(11)27(23,24)20-15/h3-7,10H,8H2,1-2H3,(H,17,20)(H,18,19,21)/t10-/m0/s1. The van der Waals surface area contributed by atoms with E-state index >= 15 is 0 Å². The number of fused-ring (bicyclic) bond motifs is 1. The summed E-state index contributed by atoms with van der Waals surface area (Å²) in [6, 6.07) is 6.77. The first-order chi connectivity index (χ1) is 12.8. The van der Waals surface area contributed by atoms with Gasteiger partial charge in [0.25, 0.3) is 15.9 Å². The minimum Gasteiger partial charge on any atom is -0.454 e. The second-order valence-electron chi connectivity index (χ2n) is 5.73. The van der Waals surface area contributed by atoms with Gasteiger partial charge < -0.3 is 14.6 Å². The van der Waals surface area contributed by atoms with Gasteiger partial charge in [0.2, 0.25) is 0 Å². The van der Waals surface area contributed by atoms with Gasteiger partial charge in [0.15, 0.2) is 12.4 Å². The van der Waals surface area contributed by atoms with Crippen LogP contribution in [0.25, 0.3) is 0 Å². The average molecular weight is 392 g/mol. The summed E-state index contributed by atoms with van der Waals surface area (Å²) in [6.07, 6.45) is 0. The smallest absolute Gasteiger partial charge is 0.331 e. The molecule has 0 unspecified atom stereocenters. The van der Waals surface area contributed by atoms with Crippen molar-refractivity contribution in [3.63, 3.8) is 0 Å². The molecular weight excluding hydrogens is 376 g/mol. The number of benzene rings is 1. The molecule has 0 radical (unpaired) electrons. The molecule has 1 aromatic heterocycles. The van der Waals surface area contributed by atoms with Crippen LogP contribution in [0.1, 0.15) is 18.2 Å². The van der Waals surface area contributed by atoms with Gasteiger partial charge in [-0.15, -0.1) is 0 Å².